The number of rotatable bonds is 2. The summed E-state index contributed by atoms with van der Waals surface area (Å²) in [5.41, 5.74) is 7.22. The first-order valence-corrected chi connectivity index (χ1v) is 5.49. The number of halogens is 1. The van der Waals surface area contributed by atoms with Crippen molar-refractivity contribution >= 4 is 21.8 Å². The van der Waals surface area contributed by atoms with Gasteiger partial charge in [0.05, 0.1) is 5.69 Å². The number of nitrogens with zero attached hydrogens (tertiary/aromatic N) is 2. The van der Waals surface area contributed by atoms with Crippen molar-refractivity contribution in [2.24, 2.45) is 5.73 Å². The zero-order valence-electron chi connectivity index (χ0n) is 8.64. The Morgan fingerprint density at radius 3 is 2.50 bits per heavy atom. The Balaban J connectivity index is 2.47. The van der Waals surface area contributed by atoms with Crippen molar-refractivity contribution in [3.05, 3.63) is 46.2 Å². The third-order valence-electron chi connectivity index (χ3n) is 2.21. The summed E-state index contributed by atoms with van der Waals surface area (Å²) in [5, 5.41) is 4.14. The molecule has 0 saturated heterocycles. The average molecular weight is 280 g/mol. The second-order valence-corrected chi connectivity index (χ2v) is 4.34. The van der Waals surface area contributed by atoms with Crippen molar-refractivity contribution in [1.29, 1.82) is 0 Å². The fraction of sp³-hybridized carbons (Fsp3) is 0.0909. The quantitative estimate of drug-likeness (QED) is 0.915. The fourth-order valence-corrected chi connectivity index (χ4v) is 1.70. The maximum atomic E-state index is 11.0. The van der Waals surface area contributed by atoms with Crippen molar-refractivity contribution in [3.8, 4) is 5.69 Å². The normalized spacial score (nSPS) is 10.4. The van der Waals surface area contributed by atoms with E-state index in [1.807, 2.05) is 31.2 Å². The molecule has 1 amide bonds. The number of carbonyl (C=O) groups is 1. The van der Waals surface area contributed by atoms with E-state index in [9.17, 15) is 4.79 Å². The van der Waals surface area contributed by atoms with E-state index in [0.29, 0.717) is 0 Å². The van der Waals surface area contributed by atoms with Gasteiger partial charge < -0.3 is 5.73 Å². The highest BCUT2D eigenvalue weighted by Gasteiger charge is 2.09. The van der Waals surface area contributed by atoms with Crippen LogP contribution in [0.3, 0.4) is 0 Å². The molecular weight excluding hydrogens is 270 g/mol. The molecule has 0 bridgehead atoms. The van der Waals surface area contributed by atoms with Gasteiger partial charge in [0.1, 0.15) is 0 Å². The lowest BCUT2D eigenvalue weighted by Gasteiger charge is -2.03. The van der Waals surface area contributed by atoms with Crippen LogP contribution in [-0.4, -0.2) is 15.7 Å². The second kappa shape index (κ2) is 4.09. The van der Waals surface area contributed by atoms with Crippen LogP contribution in [0.4, 0.5) is 0 Å². The molecule has 0 saturated carbocycles. The summed E-state index contributed by atoms with van der Waals surface area (Å²) in [4.78, 5) is 11.0. The summed E-state index contributed by atoms with van der Waals surface area (Å²) in [6, 6.07) is 9.33. The minimum absolute atomic E-state index is 0.278. The number of amides is 1. The third-order valence-corrected chi connectivity index (χ3v) is 2.74. The van der Waals surface area contributed by atoms with Crippen LogP contribution in [0.1, 0.15) is 16.2 Å². The molecule has 2 rings (SSSR count). The van der Waals surface area contributed by atoms with Crippen LogP contribution in [0.25, 0.3) is 5.69 Å². The van der Waals surface area contributed by atoms with Gasteiger partial charge in [0.15, 0.2) is 5.69 Å². The summed E-state index contributed by atoms with van der Waals surface area (Å²) in [6.45, 7) is 1.88. The van der Waals surface area contributed by atoms with Crippen molar-refractivity contribution in [3.63, 3.8) is 0 Å². The van der Waals surface area contributed by atoms with E-state index in [1.54, 1.807) is 10.7 Å². The smallest absolute Gasteiger partial charge is 0.269 e. The number of nitrogens with two attached hydrogens (primary N) is 1. The molecular formula is C11H10BrN3O. The van der Waals surface area contributed by atoms with Crippen molar-refractivity contribution in [2.75, 3.05) is 0 Å². The number of benzene rings is 1. The van der Waals surface area contributed by atoms with E-state index in [-0.39, 0.29) is 5.69 Å². The lowest BCUT2D eigenvalue weighted by Crippen LogP contribution is -2.12. The third kappa shape index (κ3) is 1.99. The number of hydrogen-bond acceptors (Lipinski definition) is 2. The Morgan fingerprint density at radius 2 is 2.00 bits per heavy atom. The Bertz CT molecular complexity index is 531. The van der Waals surface area contributed by atoms with E-state index in [2.05, 4.69) is 21.0 Å². The highest BCUT2D eigenvalue weighted by molar-refractivity contribution is 9.10. The van der Waals surface area contributed by atoms with Gasteiger partial charge in [-0.1, -0.05) is 15.9 Å². The maximum absolute atomic E-state index is 11.0. The first-order chi connectivity index (χ1) is 7.58. The zero-order chi connectivity index (χ0) is 11.7. The number of aromatic nitrogens is 2. The molecule has 0 spiro atoms. The number of aryl methyl sites for hydroxylation is 1. The van der Waals surface area contributed by atoms with E-state index >= 15 is 0 Å². The van der Waals surface area contributed by atoms with Gasteiger partial charge in [-0.25, -0.2) is 4.68 Å². The van der Waals surface area contributed by atoms with E-state index in [0.717, 1.165) is 15.9 Å². The molecule has 16 heavy (non-hydrogen) atoms. The average Bonchev–Trinajstić information content (AvgIpc) is 2.62. The van der Waals surface area contributed by atoms with Crippen molar-refractivity contribution in [2.45, 2.75) is 6.92 Å². The number of hydrogen-bond donors (Lipinski definition) is 1. The minimum atomic E-state index is -0.515. The van der Waals surface area contributed by atoms with Gasteiger partial charge in [0.2, 0.25) is 0 Å². The highest BCUT2D eigenvalue weighted by Crippen LogP contribution is 2.15. The van der Waals surface area contributed by atoms with Gasteiger partial charge in [0, 0.05) is 10.2 Å². The molecule has 2 N–H and O–H groups in total. The summed E-state index contributed by atoms with van der Waals surface area (Å²) in [6.07, 6.45) is 0. The summed E-state index contributed by atoms with van der Waals surface area (Å²) in [7, 11) is 0. The van der Waals surface area contributed by atoms with Gasteiger partial charge in [-0.2, -0.15) is 5.10 Å². The number of primary amides is 1. The van der Waals surface area contributed by atoms with Crippen molar-refractivity contribution in [1.82, 2.24) is 9.78 Å². The van der Waals surface area contributed by atoms with Crippen LogP contribution in [0.2, 0.25) is 0 Å². The summed E-state index contributed by atoms with van der Waals surface area (Å²) < 4.78 is 2.68. The van der Waals surface area contributed by atoms with Crippen LogP contribution < -0.4 is 5.73 Å². The molecule has 0 radical (unpaired) electrons. The van der Waals surface area contributed by atoms with Crippen LogP contribution in [0, 0.1) is 6.92 Å². The summed E-state index contributed by atoms with van der Waals surface area (Å²) in [5.74, 6) is -0.515. The lowest BCUT2D eigenvalue weighted by atomic mass is 10.3. The standard InChI is InChI=1S/C11H10BrN3O/c1-7-6-10(11(13)16)14-15(7)9-4-2-8(12)3-5-9/h2-6H,1H3,(H2,13,16). The molecule has 0 aliphatic heterocycles. The van der Waals surface area contributed by atoms with E-state index in [4.69, 9.17) is 5.73 Å². The fourth-order valence-electron chi connectivity index (χ4n) is 1.44. The highest BCUT2D eigenvalue weighted by atomic mass is 79.9. The molecule has 2 aromatic rings. The van der Waals surface area contributed by atoms with Crippen LogP contribution >= 0.6 is 15.9 Å². The Morgan fingerprint density at radius 1 is 1.38 bits per heavy atom. The first-order valence-electron chi connectivity index (χ1n) is 4.70. The molecule has 1 heterocycles. The molecule has 0 aliphatic rings. The van der Waals surface area contributed by atoms with Crippen LogP contribution in [0.5, 0.6) is 0 Å². The Kier molecular flexibility index (Phi) is 2.78. The van der Waals surface area contributed by atoms with Crippen LogP contribution in [0.15, 0.2) is 34.8 Å². The molecule has 82 valence electrons. The SMILES string of the molecule is Cc1cc(C(N)=O)nn1-c1ccc(Br)cc1. The topological polar surface area (TPSA) is 60.9 Å². The molecule has 0 unspecified atom stereocenters. The maximum Gasteiger partial charge on any atom is 0.269 e. The molecule has 0 aliphatic carbocycles. The van der Waals surface area contributed by atoms with Crippen molar-refractivity contribution < 1.29 is 4.79 Å². The molecule has 5 heteroatoms. The predicted molar refractivity (Wildman–Crippen MR) is 64.5 cm³/mol. The monoisotopic (exact) mass is 279 g/mol. The Hall–Kier alpha value is -1.62. The largest absolute Gasteiger partial charge is 0.364 e. The predicted octanol–water partition coefficient (Wildman–Crippen LogP) is 2.04. The van der Waals surface area contributed by atoms with Gasteiger partial charge in [-0.05, 0) is 37.3 Å². The molecule has 4 nitrogen and oxygen atoms in total. The molecule has 0 fully saturated rings. The second-order valence-electron chi connectivity index (χ2n) is 3.42. The van der Waals surface area contributed by atoms with E-state index < -0.39 is 5.91 Å². The molecule has 1 aromatic heterocycles. The Labute approximate surface area is 101 Å². The first kappa shape index (κ1) is 10.9. The van der Waals surface area contributed by atoms with Gasteiger partial charge in [0.25, 0.3) is 5.91 Å². The van der Waals surface area contributed by atoms with Gasteiger partial charge in [-0.3, -0.25) is 4.79 Å². The zero-order valence-corrected chi connectivity index (χ0v) is 10.2. The number of carbonyl (C=O) groups excluding carboxylic acids is 1. The van der Waals surface area contributed by atoms with Gasteiger partial charge >= 0.3 is 0 Å². The lowest BCUT2D eigenvalue weighted by molar-refractivity contribution is 0.0995. The van der Waals surface area contributed by atoms with E-state index in [1.165, 1.54) is 0 Å². The molecule has 1 aromatic carbocycles. The van der Waals surface area contributed by atoms with Crippen LogP contribution in [-0.2, 0) is 0 Å². The summed E-state index contributed by atoms with van der Waals surface area (Å²) >= 11 is 3.36. The minimum Gasteiger partial charge on any atom is -0.364 e. The molecule has 0 atom stereocenters. The van der Waals surface area contributed by atoms with Gasteiger partial charge in [-0.15, -0.1) is 0 Å².